The third-order valence-corrected chi connectivity index (χ3v) is 9.51. The molecule has 0 bridgehead atoms. The number of amides is 1. The molecule has 2 aliphatic rings. The number of hydrogen-bond acceptors (Lipinski definition) is 2. The summed E-state index contributed by atoms with van der Waals surface area (Å²) < 4.78 is 0. The highest BCUT2D eigenvalue weighted by molar-refractivity contribution is 5.74. The van der Waals surface area contributed by atoms with E-state index < -0.39 is 0 Å². The van der Waals surface area contributed by atoms with Crippen LogP contribution in [-0.2, 0) is 4.79 Å². The highest BCUT2D eigenvalue weighted by Crippen LogP contribution is 2.59. The minimum absolute atomic E-state index is 0.0443. The molecule has 0 aromatic heterocycles. The molecule has 4 unspecified atom stereocenters. The molecule has 1 saturated carbocycles. The molecule has 0 N–H and O–H groups in total. The molecule has 1 heterocycles. The normalized spacial score (nSPS) is 33.7. The number of carbonyl (C=O) groups excluding carboxylic acids is 1. The third kappa shape index (κ3) is 2.95. The van der Waals surface area contributed by atoms with Gasteiger partial charge in [0.25, 0.3) is 0 Å². The summed E-state index contributed by atoms with van der Waals surface area (Å²) in [5.41, 5.74) is 0.274. The Morgan fingerprint density at radius 2 is 1.36 bits per heavy atom. The second-order valence-corrected chi connectivity index (χ2v) is 10.2. The van der Waals surface area contributed by atoms with E-state index >= 15 is 0 Å². The van der Waals surface area contributed by atoms with E-state index in [1.165, 1.54) is 12.8 Å². The summed E-state index contributed by atoms with van der Waals surface area (Å²) in [6, 6.07) is 0. The van der Waals surface area contributed by atoms with Gasteiger partial charge in [0.2, 0.25) is 5.91 Å². The Morgan fingerprint density at radius 1 is 0.960 bits per heavy atom. The molecule has 0 aromatic carbocycles. The monoisotopic (exact) mass is 350 g/mol. The zero-order valence-electron chi connectivity index (χ0n) is 18.4. The summed E-state index contributed by atoms with van der Waals surface area (Å²) in [7, 11) is 1.94. The first kappa shape index (κ1) is 20.7. The SMILES string of the molecule is CC(=O)N(C)C(C)(C)C(C)(C)N1CCC2(CC1)C(C)C(C)C(C)C2C. The standard InChI is InChI=1S/C22H42N2O/c1-15-16(2)18(4)22(17(15)3)11-13-24(14-12-22)21(8,9)20(6,7)23(10)19(5)25/h15-18H,11-14H2,1-10H3. The average Bonchev–Trinajstić information content (AvgIpc) is 2.70. The van der Waals surface area contributed by atoms with Crippen LogP contribution >= 0.6 is 0 Å². The van der Waals surface area contributed by atoms with Gasteiger partial charge in [-0.1, -0.05) is 27.7 Å². The lowest BCUT2D eigenvalue weighted by molar-refractivity contribution is -0.140. The average molecular weight is 351 g/mol. The first-order valence-corrected chi connectivity index (χ1v) is 10.3. The van der Waals surface area contributed by atoms with Gasteiger partial charge in [0.15, 0.2) is 0 Å². The van der Waals surface area contributed by atoms with Crippen LogP contribution in [0.15, 0.2) is 0 Å². The number of nitrogens with zero attached hydrogens (tertiary/aromatic N) is 2. The number of hydrogen-bond donors (Lipinski definition) is 0. The van der Waals surface area contributed by atoms with Crippen molar-refractivity contribution in [3.63, 3.8) is 0 Å². The van der Waals surface area contributed by atoms with Crippen molar-refractivity contribution in [2.45, 2.75) is 86.2 Å². The molecule has 4 atom stereocenters. The number of likely N-dealkylation sites (N-methyl/N-ethyl adjacent to an activating group) is 1. The molecular formula is C22H42N2O. The predicted octanol–water partition coefficient (Wildman–Crippen LogP) is 4.66. The second kappa shape index (κ2) is 6.55. The molecular weight excluding hydrogens is 308 g/mol. The molecule has 0 aromatic rings. The minimum atomic E-state index is -0.198. The van der Waals surface area contributed by atoms with E-state index in [0.29, 0.717) is 5.41 Å². The number of carbonyl (C=O) groups is 1. The zero-order valence-corrected chi connectivity index (χ0v) is 18.4. The summed E-state index contributed by atoms with van der Waals surface area (Å²) in [5, 5.41) is 0. The Bertz CT molecular complexity index is 486. The van der Waals surface area contributed by atoms with Gasteiger partial charge in [-0.15, -0.1) is 0 Å². The molecule has 2 rings (SSSR count). The fourth-order valence-corrected chi connectivity index (χ4v) is 5.96. The van der Waals surface area contributed by atoms with Gasteiger partial charge in [-0.25, -0.2) is 0 Å². The Hall–Kier alpha value is -0.570. The maximum absolute atomic E-state index is 12.0. The Morgan fingerprint density at radius 3 is 1.72 bits per heavy atom. The lowest BCUT2D eigenvalue weighted by Gasteiger charge is -2.57. The Kier molecular flexibility index (Phi) is 5.43. The maximum atomic E-state index is 12.0. The van der Waals surface area contributed by atoms with Crippen LogP contribution in [0.3, 0.4) is 0 Å². The molecule has 25 heavy (non-hydrogen) atoms. The van der Waals surface area contributed by atoms with Gasteiger partial charge >= 0.3 is 0 Å². The highest BCUT2D eigenvalue weighted by atomic mass is 16.2. The molecule has 146 valence electrons. The van der Waals surface area contributed by atoms with E-state index in [2.05, 4.69) is 60.3 Å². The summed E-state index contributed by atoms with van der Waals surface area (Å²) in [4.78, 5) is 16.6. The van der Waals surface area contributed by atoms with Crippen LogP contribution in [0.5, 0.6) is 0 Å². The van der Waals surface area contributed by atoms with E-state index in [-0.39, 0.29) is 17.0 Å². The Balaban J connectivity index is 2.18. The maximum Gasteiger partial charge on any atom is 0.219 e. The smallest absolute Gasteiger partial charge is 0.219 e. The van der Waals surface area contributed by atoms with Crippen molar-refractivity contribution in [3.8, 4) is 0 Å². The van der Waals surface area contributed by atoms with Crippen molar-refractivity contribution >= 4 is 5.91 Å². The van der Waals surface area contributed by atoms with E-state index in [0.717, 1.165) is 36.8 Å². The molecule has 0 radical (unpaired) electrons. The van der Waals surface area contributed by atoms with Gasteiger partial charge in [0, 0.05) is 19.5 Å². The van der Waals surface area contributed by atoms with Crippen molar-refractivity contribution in [1.29, 1.82) is 0 Å². The van der Waals surface area contributed by atoms with Crippen LogP contribution in [0.4, 0.5) is 0 Å². The van der Waals surface area contributed by atoms with Crippen molar-refractivity contribution in [2.75, 3.05) is 20.1 Å². The lowest BCUT2D eigenvalue weighted by atomic mass is 9.64. The number of likely N-dealkylation sites (tertiary alicyclic amines) is 1. The van der Waals surface area contributed by atoms with Crippen molar-refractivity contribution in [3.05, 3.63) is 0 Å². The van der Waals surface area contributed by atoms with Crippen molar-refractivity contribution in [1.82, 2.24) is 9.80 Å². The number of rotatable bonds is 3. The first-order chi connectivity index (χ1) is 11.3. The van der Waals surface area contributed by atoms with Crippen LogP contribution < -0.4 is 0 Å². The van der Waals surface area contributed by atoms with Crippen molar-refractivity contribution < 1.29 is 4.79 Å². The molecule has 1 aliphatic heterocycles. The van der Waals surface area contributed by atoms with Gasteiger partial charge in [-0.3, -0.25) is 9.69 Å². The Labute approximate surface area is 156 Å². The summed E-state index contributed by atoms with van der Waals surface area (Å²) >= 11 is 0. The molecule has 1 saturated heterocycles. The quantitative estimate of drug-likeness (QED) is 0.739. The van der Waals surface area contributed by atoms with Crippen LogP contribution in [0, 0.1) is 29.1 Å². The summed E-state index contributed by atoms with van der Waals surface area (Å²) in [6.07, 6.45) is 2.60. The first-order valence-electron chi connectivity index (χ1n) is 10.3. The highest BCUT2D eigenvalue weighted by Gasteiger charge is 2.55. The fraction of sp³-hybridized carbons (Fsp3) is 0.955. The van der Waals surface area contributed by atoms with Crippen LogP contribution in [-0.4, -0.2) is 46.9 Å². The fourth-order valence-electron chi connectivity index (χ4n) is 5.96. The third-order valence-electron chi connectivity index (χ3n) is 9.51. The molecule has 1 amide bonds. The molecule has 1 aliphatic carbocycles. The minimum Gasteiger partial charge on any atom is -0.339 e. The van der Waals surface area contributed by atoms with E-state index in [1.54, 1.807) is 6.92 Å². The number of piperidine rings is 1. The lowest BCUT2D eigenvalue weighted by Crippen LogP contribution is -2.67. The van der Waals surface area contributed by atoms with Gasteiger partial charge < -0.3 is 4.90 Å². The predicted molar refractivity (Wildman–Crippen MR) is 106 cm³/mol. The van der Waals surface area contributed by atoms with Gasteiger partial charge in [0.05, 0.1) is 5.54 Å². The summed E-state index contributed by atoms with van der Waals surface area (Å²) in [5.74, 6) is 3.43. The largest absolute Gasteiger partial charge is 0.339 e. The second-order valence-electron chi connectivity index (χ2n) is 10.2. The van der Waals surface area contributed by atoms with Gasteiger partial charge in [-0.05, 0) is 82.7 Å². The van der Waals surface area contributed by atoms with Crippen LogP contribution in [0.1, 0.15) is 75.2 Å². The van der Waals surface area contributed by atoms with Gasteiger partial charge in [0.1, 0.15) is 0 Å². The van der Waals surface area contributed by atoms with Crippen molar-refractivity contribution in [2.24, 2.45) is 29.1 Å². The van der Waals surface area contributed by atoms with E-state index in [4.69, 9.17) is 0 Å². The molecule has 1 spiro atoms. The van der Waals surface area contributed by atoms with Crippen LogP contribution in [0.2, 0.25) is 0 Å². The topological polar surface area (TPSA) is 23.6 Å². The van der Waals surface area contributed by atoms with Crippen LogP contribution in [0.25, 0.3) is 0 Å². The van der Waals surface area contributed by atoms with E-state index in [9.17, 15) is 4.79 Å². The zero-order chi connectivity index (χ0) is 19.4. The molecule has 2 fully saturated rings. The van der Waals surface area contributed by atoms with E-state index in [1.807, 2.05) is 11.9 Å². The molecule has 3 nitrogen and oxygen atoms in total. The summed E-state index contributed by atoms with van der Waals surface area (Å²) in [6.45, 7) is 22.9. The van der Waals surface area contributed by atoms with Gasteiger partial charge in [-0.2, -0.15) is 0 Å². The molecule has 3 heteroatoms.